The number of amides is 1. The van der Waals surface area contributed by atoms with Crippen molar-refractivity contribution in [2.75, 3.05) is 32.2 Å². The number of rotatable bonds is 8. The maximum Gasteiger partial charge on any atom is 0.387 e. The molecule has 178 valence electrons. The number of alkyl halides is 2. The van der Waals surface area contributed by atoms with Crippen LogP contribution < -0.4 is 10.1 Å². The minimum absolute atomic E-state index is 0.00877. The molecule has 0 saturated carbocycles. The van der Waals surface area contributed by atoms with E-state index in [0.29, 0.717) is 12.3 Å². The molecule has 1 aliphatic carbocycles. The number of ether oxygens (including phenoxy) is 2. The van der Waals surface area contributed by atoms with E-state index in [1.807, 2.05) is 30.5 Å². The van der Waals surface area contributed by atoms with Gasteiger partial charge in [0.05, 0.1) is 17.9 Å². The van der Waals surface area contributed by atoms with Crippen LogP contribution in [0.1, 0.15) is 35.6 Å². The fourth-order valence-corrected chi connectivity index (χ4v) is 5.81. The van der Waals surface area contributed by atoms with Crippen molar-refractivity contribution in [3.8, 4) is 5.75 Å². The molecule has 4 rings (SSSR count). The van der Waals surface area contributed by atoms with Crippen LogP contribution in [0.4, 0.5) is 8.78 Å². The van der Waals surface area contributed by atoms with Gasteiger partial charge in [0.1, 0.15) is 5.75 Å². The Kier molecular flexibility index (Phi) is 7.56. The van der Waals surface area contributed by atoms with Crippen molar-refractivity contribution < 1.29 is 23.0 Å². The van der Waals surface area contributed by atoms with E-state index in [2.05, 4.69) is 22.3 Å². The van der Waals surface area contributed by atoms with Gasteiger partial charge in [-0.05, 0) is 49.4 Å². The van der Waals surface area contributed by atoms with Crippen LogP contribution in [-0.4, -0.2) is 55.7 Å². The molecule has 2 aromatic rings. The molecule has 1 N–H and O–H groups in total. The van der Waals surface area contributed by atoms with Crippen molar-refractivity contribution in [3.05, 3.63) is 65.2 Å². The molecule has 2 atom stereocenters. The van der Waals surface area contributed by atoms with E-state index in [0.717, 1.165) is 37.1 Å². The molecule has 1 fully saturated rings. The molecule has 2 aliphatic rings. The van der Waals surface area contributed by atoms with E-state index in [1.54, 1.807) is 19.2 Å². The molecular formula is C25H30F2N2O3S. The SMILES string of the molecule is CO[C@H]1[C@H](NC(=O)CSC)c2ccccc2C12CCN(Cc1ccccc1OC(F)F)CC2. The summed E-state index contributed by atoms with van der Waals surface area (Å²) in [5.74, 6) is 0.649. The van der Waals surface area contributed by atoms with Crippen molar-refractivity contribution in [3.63, 3.8) is 0 Å². The van der Waals surface area contributed by atoms with Crippen LogP contribution in [0.15, 0.2) is 48.5 Å². The Morgan fingerprint density at radius 1 is 1.18 bits per heavy atom. The predicted molar refractivity (Wildman–Crippen MR) is 126 cm³/mol. The van der Waals surface area contributed by atoms with Crippen molar-refractivity contribution in [2.24, 2.45) is 0 Å². The largest absolute Gasteiger partial charge is 0.434 e. The quantitative estimate of drug-likeness (QED) is 0.613. The molecule has 0 aromatic heterocycles. The standard InChI is InChI=1S/C25H30F2N2O3S/c1-31-23-22(28-21(30)16-33-2)18-8-4-5-9-19(18)25(23)11-13-29(14-12-25)15-17-7-3-6-10-20(17)32-24(26)27/h3-10,22-24H,11-16H2,1-2H3,(H,28,30)/t22-,23+/m1/s1. The van der Waals surface area contributed by atoms with Crippen molar-refractivity contribution >= 4 is 17.7 Å². The van der Waals surface area contributed by atoms with Crippen LogP contribution in [-0.2, 0) is 21.5 Å². The number of nitrogens with one attached hydrogen (secondary N) is 1. The summed E-state index contributed by atoms with van der Waals surface area (Å²) >= 11 is 1.50. The molecule has 1 saturated heterocycles. The third-order valence-electron chi connectivity index (χ3n) is 6.86. The van der Waals surface area contributed by atoms with Gasteiger partial charge in [-0.15, -0.1) is 0 Å². The number of fused-ring (bicyclic) bond motifs is 2. The number of para-hydroxylation sites is 1. The topological polar surface area (TPSA) is 50.8 Å². The lowest BCUT2D eigenvalue weighted by molar-refractivity contribution is -0.121. The first-order chi connectivity index (χ1) is 16.0. The number of carbonyl (C=O) groups is 1. The number of methoxy groups -OCH3 is 1. The second kappa shape index (κ2) is 10.4. The number of piperidine rings is 1. The molecule has 2 aromatic carbocycles. The van der Waals surface area contributed by atoms with E-state index >= 15 is 0 Å². The number of thioether (sulfide) groups is 1. The number of hydrogen-bond donors (Lipinski definition) is 1. The Labute approximate surface area is 197 Å². The molecule has 1 heterocycles. The minimum Gasteiger partial charge on any atom is -0.434 e. The summed E-state index contributed by atoms with van der Waals surface area (Å²) in [6.07, 6.45) is 3.47. The van der Waals surface area contributed by atoms with Crippen LogP contribution in [0.3, 0.4) is 0 Å². The summed E-state index contributed by atoms with van der Waals surface area (Å²) in [6.45, 7) is -0.705. The third kappa shape index (κ3) is 4.88. The Morgan fingerprint density at radius 3 is 2.58 bits per heavy atom. The summed E-state index contributed by atoms with van der Waals surface area (Å²) in [6, 6.07) is 15.1. The molecule has 0 bridgehead atoms. The number of halogens is 2. The lowest BCUT2D eigenvalue weighted by Crippen LogP contribution is -2.50. The van der Waals surface area contributed by atoms with E-state index < -0.39 is 6.61 Å². The highest BCUT2D eigenvalue weighted by Gasteiger charge is 2.53. The zero-order valence-electron chi connectivity index (χ0n) is 18.9. The molecule has 33 heavy (non-hydrogen) atoms. The summed E-state index contributed by atoms with van der Waals surface area (Å²) < 4.78 is 36.4. The van der Waals surface area contributed by atoms with Gasteiger partial charge in [-0.1, -0.05) is 42.5 Å². The van der Waals surface area contributed by atoms with Gasteiger partial charge in [0.2, 0.25) is 5.91 Å². The zero-order valence-corrected chi connectivity index (χ0v) is 19.7. The Morgan fingerprint density at radius 2 is 1.88 bits per heavy atom. The highest BCUT2D eigenvalue weighted by molar-refractivity contribution is 7.99. The number of nitrogens with zero attached hydrogens (tertiary/aromatic N) is 1. The lowest BCUT2D eigenvalue weighted by atomic mass is 9.72. The first kappa shape index (κ1) is 24.0. The first-order valence-electron chi connectivity index (χ1n) is 11.1. The number of hydrogen-bond acceptors (Lipinski definition) is 5. The molecule has 1 aliphatic heterocycles. The summed E-state index contributed by atoms with van der Waals surface area (Å²) in [5, 5.41) is 3.20. The number of benzene rings is 2. The van der Waals surface area contributed by atoms with E-state index in [4.69, 9.17) is 9.47 Å². The van der Waals surface area contributed by atoms with Crippen LogP contribution in [0.2, 0.25) is 0 Å². The minimum atomic E-state index is -2.84. The van der Waals surface area contributed by atoms with Gasteiger partial charge in [0.25, 0.3) is 0 Å². The number of likely N-dealkylation sites (tertiary alicyclic amines) is 1. The van der Waals surface area contributed by atoms with Crippen LogP contribution >= 0.6 is 11.8 Å². The van der Waals surface area contributed by atoms with Crippen LogP contribution in [0, 0.1) is 0 Å². The van der Waals surface area contributed by atoms with Crippen molar-refractivity contribution in [1.82, 2.24) is 10.2 Å². The van der Waals surface area contributed by atoms with Gasteiger partial charge in [0, 0.05) is 24.6 Å². The second-order valence-electron chi connectivity index (χ2n) is 8.64. The monoisotopic (exact) mass is 476 g/mol. The van der Waals surface area contributed by atoms with E-state index in [1.165, 1.54) is 17.3 Å². The fraction of sp³-hybridized carbons (Fsp3) is 0.480. The summed E-state index contributed by atoms with van der Waals surface area (Å²) in [4.78, 5) is 14.7. The van der Waals surface area contributed by atoms with Crippen LogP contribution in [0.25, 0.3) is 0 Å². The molecule has 1 spiro atoms. The average molecular weight is 477 g/mol. The molecule has 1 amide bonds. The second-order valence-corrected chi connectivity index (χ2v) is 9.51. The predicted octanol–water partition coefficient (Wildman–Crippen LogP) is 4.37. The summed E-state index contributed by atoms with van der Waals surface area (Å²) in [5.41, 5.74) is 2.93. The maximum absolute atomic E-state index is 12.8. The zero-order chi connectivity index (χ0) is 23.4. The highest BCUT2D eigenvalue weighted by atomic mass is 32.2. The first-order valence-corrected chi connectivity index (χ1v) is 12.5. The Balaban J connectivity index is 1.53. The highest BCUT2D eigenvalue weighted by Crippen LogP contribution is 2.52. The van der Waals surface area contributed by atoms with Gasteiger partial charge in [-0.3, -0.25) is 9.69 Å². The maximum atomic E-state index is 12.8. The van der Waals surface area contributed by atoms with Crippen molar-refractivity contribution in [2.45, 2.75) is 43.6 Å². The Hall–Kier alpha value is -2.16. The van der Waals surface area contributed by atoms with Gasteiger partial charge >= 0.3 is 6.61 Å². The molecule has 5 nitrogen and oxygen atoms in total. The van der Waals surface area contributed by atoms with Gasteiger partial charge < -0.3 is 14.8 Å². The third-order valence-corrected chi connectivity index (χ3v) is 7.41. The summed E-state index contributed by atoms with van der Waals surface area (Å²) in [7, 11) is 1.72. The van der Waals surface area contributed by atoms with Crippen molar-refractivity contribution in [1.29, 1.82) is 0 Å². The molecule has 0 radical (unpaired) electrons. The lowest BCUT2D eigenvalue weighted by Gasteiger charge is -2.44. The van der Waals surface area contributed by atoms with Gasteiger partial charge in [-0.2, -0.15) is 20.5 Å². The van der Waals surface area contributed by atoms with Gasteiger partial charge in [-0.25, -0.2) is 0 Å². The average Bonchev–Trinajstić information content (AvgIpc) is 3.05. The Bertz CT molecular complexity index is 966. The smallest absolute Gasteiger partial charge is 0.387 e. The fourth-order valence-electron chi connectivity index (χ4n) is 5.47. The normalized spacial score (nSPS) is 21.8. The van der Waals surface area contributed by atoms with E-state index in [9.17, 15) is 13.6 Å². The molecule has 8 heteroatoms. The van der Waals surface area contributed by atoms with Gasteiger partial charge in [0.15, 0.2) is 0 Å². The van der Waals surface area contributed by atoms with Crippen LogP contribution in [0.5, 0.6) is 5.75 Å². The molecule has 0 unspecified atom stereocenters. The molecular weight excluding hydrogens is 446 g/mol. The van der Waals surface area contributed by atoms with E-state index in [-0.39, 0.29) is 29.2 Å². The number of carbonyl (C=O) groups excluding carboxylic acids is 1.